The van der Waals surface area contributed by atoms with Gasteiger partial charge >= 0.3 is 11.9 Å². The highest BCUT2D eigenvalue weighted by Crippen LogP contribution is 2.29. The maximum absolute atomic E-state index is 11.7. The number of ether oxygens (including phenoxy) is 2. The second-order valence-corrected chi connectivity index (χ2v) is 7.26. The van der Waals surface area contributed by atoms with Crippen molar-refractivity contribution in [1.29, 1.82) is 0 Å². The molecule has 0 aromatic heterocycles. The number of fused-ring (bicyclic) bond motifs is 1. The minimum Gasteiger partial charge on any atom is -0.465 e. The first-order chi connectivity index (χ1) is 13.0. The van der Waals surface area contributed by atoms with Crippen LogP contribution in [-0.2, 0) is 14.3 Å². The van der Waals surface area contributed by atoms with Gasteiger partial charge in [-0.1, -0.05) is 37.6 Å². The van der Waals surface area contributed by atoms with Crippen molar-refractivity contribution >= 4 is 22.7 Å². The van der Waals surface area contributed by atoms with Crippen molar-refractivity contribution in [3.63, 3.8) is 0 Å². The van der Waals surface area contributed by atoms with Crippen LogP contribution in [0.2, 0.25) is 0 Å². The number of methoxy groups -OCH3 is 1. The van der Waals surface area contributed by atoms with Gasteiger partial charge < -0.3 is 14.6 Å². The van der Waals surface area contributed by atoms with E-state index in [9.17, 15) is 9.59 Å². The normalized spacial score (nSPS) is 20.0. The summed E-state index contributed by atoms with van der Waals surface area (Å²) in [5.74, 6) is -0.535. The lowest BCUT2D eigenvalue weighted by Gasteiger charge is -2.33. The molecule has 27 heavy (non-hydrogen) atoms. The average Bonchev–Trinajstić information content (AvgIpc) is 2.68. The Morgan fingerprint density at radius 1 is 1.19 bits per heavy atom. The molecule has 0 radical (unpaired) electrons. The van der Waals surface area contributed by atoms with Crippen molar-refractivity contribution in [2.45, 2.75) is 44.6 Å². The van der Waals surface area contributed by atoms with Crippen LogP contribution in [0.25, 0.3) is 10.8 Å². The van der Waals surface area contributed by atoms with Gasteiger partial charge in [0.1, 0.15) is 12.0 Å². The molecule has 0 amide bonds. The van der Waals surface area contributed by atoms with Gasteiger partial charge in [0.2, 0.25) is 0 Å². The summed E-state index contributed by atoms with van der Waals surface area (Å²) in [5, 5.41) is 11.3. The van der Waals surface area contributed by atoms with Crippen LogP contribution in [0.15, 0.2) is 36.4 Å². The maximum Gasteiger partial charge on any atom is 0.337 e. The highest BCUT2D eigenvalue weighted by atomic mass is 16.6. The molecule has 0 bridgehead atoms. The number of benzene rings is 2. The number of aliphatic hydroxyl groups excluding tert-OH is 1. The Hall–Kier alpha value is -2.40. The Morgan fingerprint density at radius 3 is 2.67 bits per heavy atom. The van der Waals surface area contributed by atoms with Gasteiger partial charge in [-0.25, -0.2) is 4.79 Å². The highest BCUT2D eigenvalue weighted by molar-refractivity contribution is 5.95. The first-order valence-electron chi connectivity index (χ1n) is 9.47. The minimum absolute atomic E-state index is 0.116. The second kappa shape index (κ2) is 8.53. The summed E-state index contributed by atoms with van der Waals surface area (Å²) in [6.07, 6.45) is 3.73. The number of carbonyl (C=O) groups is 2. The fraction of sp³-hybridized carbons (Fsp3) is 0.455. The quantitative estimate of drug-likeness (QED) is 0.565. The largest absolute Gasteiger partial charge is 0.465 e. The van der Waals surface area contributed by atoms with Gasteiger partial charge in [0.25, 0.3) is 0 Å². The van der Waals surface area contributed by atoms with Crippen LogP contribution in [0.4, 0.5) is 0 Å². The lowest BCUT2D eigenvalue weighted by atomic mass is 9.90. The van der Waals surface area contributed by atoms with Crippen molar-refractivity contribution in [2.24, 2.45) is 5.92 Å². The number of unbranched alkanes of at least 4 members (excludes halogenated alkanes) is 1. The molecule has 1 heterocycles. The smallest absolute Gasteiger partial charge is 0.337 e. The maximum atomic E-state index is 11.7. The number of carbonyl (C=O) groups excluding carboxylic acids is 2. The molecular formula is C22H26O5. The van der Waals surface area contributed by atoms with Crippen molar-refractivity contribution in [2.75, 3.05) is 13.7 Å². The third-order valence-electron chi connectivity index (χ3n) is 5.45. The molecule has 3 atom stereocenters. The molecule has 1 saturated heterocycles. The zero-order valence-corrected chi connectivity index (χ0v) is 15.8. The topological polar surface area (TPSA) is 72.8 Å². The molecular weight excluding hydrogens is 344 g/mol. The van der Waals surface area contributed by atoms with E-state index in [2.05, 4.69) is 25.1 Å². The van der Waals surface area contributed by atoms with Gasteiger partial charge in [0, 0.05) is 0 Å². The molecule has 5 nitrogen and oxygen atoms in total. The van der Waals surface area contributed by atoms with Gasteiger partial charge in [0.05, 0.1) is 19.3 Å². The third kappa shape index (κ3) is 4.30. The molecule has 0 aliphatic carbocycles. The predicted molar refractivity (Wildman–Crippen MR) is 103 cm³/mol. The summed E-state index contributed by atoms with van der Waals surface area (Å²) in [6.45, 7) is 2.08. The molecule has 5 heteroatoms. The average molecular weight is 370 g/mol. The molecule has 0 spiro atoms. The Labute approximate surface area is 159 Å². The number of cyclic esters (lactones) is 1. The Morgan fingerprint density at radius 2 is 1.96 bits per heavy atom. The van der Waals surface area contributed by atoms with Crippen LogP contribution >= 0.6 is 0 Å². The van der Waals surface area contributed by atoms with Gasteiger partial charge in [-0.05, 0) is 53.6 Å². The summed E-state index contributed by atoms with van der Waals surface area (Å²) in [5.41, 5.74) is 1.80. The number of esters is 2. The molecule has 144 valence electrons. The van der Waals surface area contributed by atoms with Gasteiger partial charge in [-0.15, -0.1) is 0 Å². The summed E-state index contributed by atoms with van der Waals surface area (Å²) in [4.78, 5) is 22.9. The number of rotatable bonds is 8. The van der Waals surface area contributed by atoms with E-state index in [4.69, 9.17) is 14.6 Å². The fourth-order valence-corrected chi connectivity index (χ4v) is 3.63. The van der Waals surface area contributed by atoms with Crippen LogP contribution in [0, 0.1) is 5.92 Å². The molecule has 1 aliphatic rings. The first kappa shape index (κ1) is 19.4. The van der Waals surface area contributed by atoms with E-state index in [-0.39, 0.29) is 30.6 Å². The van der Waals surface area contributed by atoms with E-state index in [0.717, 1.165) is 36.5 Å². The van der Waals surface area contributed by atoms with Crippen molar-refractivity contribution in [3.8, 4) is 0 Å². The second-order valence-electron chi connectivity index (χ2n) is 7.26. The van der Waals surface area contributed by atoms with Gasteiger partial charge in [-0.2, -0.15) is 0 Å². The zero-order valence-electron chi connectivity index (χ0n) is 15.8. The Balaban J connectivity index is 1.56. The molecule has 0 saturated carbocycles. The monoisotopic (exact) mass is 370 g/mol. The number of hydrogen-bond acceptors (Lipinski definition) is 5. The van der Waals surface area contributed by atoms with Crippen LogP contribution in [-0.4, -0.2) is 36.9 Å². The van der Waals surface area contributed by atoms with Gasteiger partial charge in [-0.3, -0.25) is 4.79 Å². The van der Waals surface area contributed by atoms with Crippen molar-refractivity contribution in [3.05, 3.63) is 47.5 Å². The molecule has 1 unspecified atom stereocenters. The van der Waals surface area contributed by atoms with E-state index in [0.29, 0.717) is 11.5 Å². The minimum atomic E-state index is -0.327. The number of hydrogen-bond donors (Lipinski definition) is 1. The third-order valence-corrected chi connectivity index (χ3v) is 5.45. The molecule has 2 aromatic carbocycles. The van der Waals surface area contributed by atoms with Gasteiger partial charge in [0.15, 0.2) is 0 Å². The molecule has 1 aliphatic heterocycles. The zero-order chi connectivity index (χ0) is 19.4. The van der Waals surface area contributed by atoms with E-state index in [1.165, 1.54) is 12.7 Å². The SMILES string of the molecule is COC(=O)c1ccc2ccc(C(C)CCCC[C@H]3OC(=O)[C@@H]3CO)cc2c1. The molecule has 1 N–H and O–H groups in total. The summed E-state index contributed by atoms with van der Waals surface area (Å²) in [7, 11) is 1.39. The Kier molecular flexibility index (Phi) is 6.11. The van der Waals surface area contributed by atoms with Crippen molar-refractivity contribution in [1.82, 2.24) is 0 Å². The van der Waals surface area contributed by atoms with Crippen molar-refractivity contribution < 1.29 is 24.2 Å². The van der Waals surface area contributed by atoms with E-state index < -0.39 is 0 Å². The lowest BCUT2D eigenvalue weighted by molar-refractivity contribution is -0.189. The predicted octanol–water partition coefficient (Wildman–Crippen LogP) is 3.82. The Bertz CT molecular complexity index is 829. The standard InChI is InChI=1S/C22H26O5/c1-14(5-3-4-6-20-19(13-23)22(25)27-20)16-9-7-15-8-10-17(21(24)26-2)12-18(15)11-16/h7-12,14,19-20,23H,3-6,13H2,1-2H3/t14?,19-,20-/m1/s1. The van der Waals surface area contributed by atoms with Crippen LogP contribution in [0.5, 0.6) is 0 Å². The van der Waals surface area contributed by atoms with E-state index in [1.807, 2.05) is 12.1 Å². The van der Waals surface area contributed by atoms with E-state index >= 15 is 0 Å². The van der Waals surface area contributed by atoms with Crippen LogP contribution in [0.1, 0.15) is 54.4 Å². The molecule has 1 fully saturated rings. The van der Waals surface area contributed by atoms with Crippen LogP contribution < -0.4 is 0 Å². The molecule has 3 rings (SSSR count). The van der Waals surface area contributed by atoms with Crippen LogP contribution in [0.3, 0.4) is 0 Å². The first-order valence-corrected chi connectivity index (χ1v) is 9.47. The molecule has 2 aromatic rings. The lowest BCUT2D eigenvalue weighted by Crippen LogP contribution is -2.47. The number of aliphatic hydroxyl groups is 1. The summed E-state index contributed by atoms with van der Waals surface area (Å²) < 4.78 is 9.88. The highest BCUT2D eigenvalue weighted by Gasteiger charge is 2.41. The summed E-state index contributed by atoms with van der Waals surface area (Å²) in [6, 6.07) is 12.0. The fourth-order valence-electron chi connectivity index (χ4n) is 3.63. The van der Waals surface area contributed by atoms with E-state index in [1.54, 1.807) is 6.07 Å². The summed E-state index contributed by atoms with van der Waals surface area (Å²) >= 11 is 0.